The summed E-state index contributed by atoms with van der Waals surface area (Å²) in [6.07, 6.45) is 2.87. The molecule has 0 atom stereocenters. The summed E-state index contributed by atoms with van der Waals surface area (Å²) in [6.45, 7) is 3.41. The summed E-state index contributed by atoms with van der Waals surface area (Å²) in [5, 5.41) is 19.5. The summed E-state index contributed by atoms with van der Waals surface area (Å²) in [5.74, 6) is 0. The maximum absolute atomic E-state index is 12.7. The average Bonchev–Trinajstić information content (AvgIpc) is 3.10. The van der Waals surface area contributed by atoms with E-state index in [4.69, 9.17) is 5.26 Å². The lowest BCUT2D eigenvalue weighted by atomic mass is 10.1. The van der Waals surface area contributed by atoms with Gasteiger partial charge in [0.15, 0.2) is 9.76 Å². The second-order valence-electron chi connectivity index (χ2n) is 6.44. The van der Waals surface area contributed by atoms with Crippen molar-refractivity contribution in [2.75, 3.05) is 4.72 Å². The zero-order chi connectivity index (χ0) is 19.1. The number of fused-ring (bicyclic) bond motifs is 1. The first-order valence-corrected chi connectivity index (χ1v) is 9.86. The molecule has 0 amide bonds. The molecule has 0 saturated heterocycles. The molecule has 0 saturated carbocycles. The van der Waals surface area contributed by atoms with Crippen LogP contribution in [0, 0.1) is 11.3 Å². The van der Waals surface area contributed by atoms with E-state index in [0.29, 0.717) is 26.9 Å². The summed E-state index contributed by atoms with van der Waals surface area (Å²) < 4.78 is 29.7. The Labute approximate surface area is 158 Å². The minimum atomic E-state index is -3.96. The second kappa shape index (κ2) is 6.42. The van der Waals surface area contributed by atoms with E-state index in [0.717, 1.165) is 0 Å². The van der Waals surface area contributed by atoms with Gasteiger partial charge in [-0.05, 0) is 35.8 Å². The highest BCUT2D eigenvalue weighted by Gasteiger charge is 2.23. The molecule has 0 aliphatic heterocycles. The Morgan fingerprint density at radius 3 is 2.85 bits per heavy atom. The van der Waals surface area contributed by atoms with E-state index in [1.165, 1.54) is 17.0 Å². The Morgan fingerprint density at radius 1 is 1.46 bits per heavy atom. The molecule has 0 unspecified atom stereocenters. The predicted octanol–water partition coefficient (Wildman–Crippen LogP) is 2.57. The van der Waals surface area contributed by atoms with E-state index in [1.54, 1.807) is 32.0 Å². The first-order valence-electron chi connectivity index (χ1n) is 7.59. The van der Waals surface area contributed by atoms with Gasteiger partial charge in [-0.1, -0.05) is 12.1 Å². The van der Waals surface area contributed by atoms with Gasteiger partial charge in [-0.3, -0.25) is 4.72 Å². The third kappa shape index (κ3) is 3.60. The molecule has 2 aromatic heterocycles. The molecule has 3 aromatic rings. The number of hydrogen-bond donors (Lipinski definition) is 3. The number of nitrogens with one attached hydrogen (secondary N) is 2. The fraction of sp³-hybridized carbons (Fsp3) is 0.250. The standard InChI is InChI=1S/C16H16BrN5O3S/c1-16(2,23)9-22-8-13(20-15(22)17)26(24,25)21-12-5-3-4-11-10(6-18)7-19-14(11)12/h3-5,7-8,19,21,23H,9H2,1-2H3. The SMILES string of the molecule is CC(C)(O)Cn1cc(S(=O)(=O)Nc2cccc3c(C#N)c[nH]c23)nc1Br. The Bertz CT molecular complexity index is 1120. The van der Waals surface area contributed by atoms with Gasteiger partial charge in [0.2, 0.25) is 0 Å². The Morgan fingerprint density at radius 2 is 2.19 bits per heavy atom. The number of aromatic nitrogens is 3. The molecule has 0 aliphatic carbocycles. The monoisotopic (exact) mass is 437 g/mol. The van der Waals surface area contributed by atoms with E-state index in [-0.39, 0.29) is 11.6 Å². The van der Waals surface area contributed by atoms with Gasteiger partial charge in [-0.25, -0.2) is 4.98 Å². The van der Waals surface area contributed by atoms with Crippen molar-refractivity contribution in [2.45, 2.75) is 31.0 Å². The first-order chi connectivity index (χ1) is 12.1. The van der Waals surface area contributed by atoms with Crippen molar-refractivity contribution in [3.63, 3.8) is 0 Å². The molecular weight excluding hydrogens is 422 g/mol. The number of anilines is 1. The topological polar surface area (TPSA) is 124 Å². The van der Waals surface area contributed by atoms with Crippen molar-refractivity contribution in [2.24, 2.45) is 0 Å². The predicted molar refractivity (Wildman–Crippen MR) is 100 cm³/mol. The van der Waals surface area contributed by atoms with Gasteiger partial charge in [-0.2, -0.15) is 13.7 Å². The zero-order valence-electron chi connectivity index (χ0n) is 14.0. The number of halogens is 1. The molecule has 26 heavy (non-hydrogen) atoms. The highest BCUT2D eigenvalue weighted by atomic mass is 79.9. The third-order valence-electron chi connectivity index (χ3n) is 3.62. The summed E-state index contributed by atoms with van der Waals surface area (Å²) in [4.78, 5) is 6.93. The van der Waals surface area contributed by atoms with Crippen LogP contribution in [-0.4, -0.2) is 33.7 Å². The highest BCUT2D eigenvalue weighted by molar-refractivity contribution is 9.10. The second-order valence-corrected chi connectivity index (χ2v) is 8.77. The molecule has 3 rings (SSSR count). The van der Waals surface area contributed by atoms with Crippen molar-refractivity contribution in [3.8, 4) is 6.07 Å². The lowest BCUT2D eigenvalue weighted by molar-refractivity contribution is 0.0607. The zero-order valence-corrected chi connectivity index (χ0v) is 16.4. The quantitative estimate of drug-likeness (QED) is 0.565. The van der Waals surface area contributed by atoms with Gasteiger partial charge >= 0.3 is 0 Å². The van der Waals surface area contributed by atoms with E-state index < -0.39 is 15.6 Å². The molecule has 2 heterocycles. The van der Waals surface area contributed by atoms with Crippen LogP contribution in [-0.2, 0) is 16.6 Å². The number of benzene rings is 1. The van der Waals surface area contributed by atoms with Crippen LogP contribution in [0.3, 0.4) is 0 Å². The molecular formula is C16H16BrN5O3S. The smallest absolute Gasteiger partial charge is 0.281 e. The first kappa shape index (κ1) is 18.4. The molecule has 0 spiro atoms. The number of aliphatic hydroxyl groups is 1. The van der Waals surface area contributed by atoms with Crippen molar-refractivity contribution in [3.05, 3.63) is 40.9 Å². The number of nitriles is 1. The van der Waals surface area contributed by atoms with Crippen LogP contribution in [0.2, 0.25) is 0 Å². The largest absolute Gasteiger partial charge is 0.389 e. The average molecular weight is 438 g/mol. The molecule has 8 nitrogen and oxygen atoms in total. The number of sulfonamides is 1. The van der Waals surface area contributed by atoms with Gasteiger partial charge in [0.25, 0.3) is 10.0 Å². The van der Waals surface area contributed by atoms with E-state index >= 15 is 0 Å². The van der Waals surface area contributed by atoms with Crippen LogP contribution in [0.1, 0.15) is 19.4 Å². The number of hydrogen-bond acceptors (Lipinski definition) is 5. The highest BCUT2D eigenvalue weighted by Crippen LogP contribution is 2.27. The molecule has 10 heteroatoms. The van der Waals surface area contributed by atoms with E-state index in [9.17, 15) is 13.5 Å². The summed E-state index contributed by atoms with van der Waals surface area (Å²) in [5.41, 5.74) is 0.235. The fourth-order valence-electron chi connectivity index (χ4n) is 2.56. The van der Waals surface area contributed by atoms with Gasteiger partial charge in [-0.15, -0.1) is 0 Å². The van der Waals surface area contributed by atoms with Gasteiger partial charge in [0.1, 0.15) is 6.07 Å². The molecule has 0 bridgehead atoms. The van der Waals surface area contributed by atoms with Crippen LogP contribution < -0.4 is 4.72 Å². The Hall–Kier alpha value is -2.35. The minimum absolute atomic E-state index is 0.174. The van der Waals surface area contributed by atoms with E-state index in [1.807, 2.05) is 0 Å². The normalized spacial score (nSPS) is 12.3. The van der Waals surface area contributed by atoms with Gasteiger partial charge in [0.05, 0.1) is 28.9 Å². The molecule has 0 fully saturated rings. The van der Waals surface area contributed by atoms with E-state index in [2.05, 4.69) is 36.7 Å². The van der Waals surface area contributed by atoms with Crippen LogP contribution in [0.25, 0.3) is 10.9 Å². The van der Waals surface area contributed by atoms with Crippen LogP contribution in [0.4, 0.5) is 5.69 Å². The van der Waals surface area contributed by atoms with Gasteiger partial charge < -0.3 is 14.7 Å². The summed E-state index contributed by atoms with van der Waals surface area (Å²) >= 11 is 3.21. The lowest BCUT2D eigenvalue weighted by Crippen LogP contribution is -2.25. The van der Waals surface area contributed by atoms with Gasteiger partial charge in [0, 0.05) is 17.8 Å². The number of nitrogens with zero attached hydrogens (tertiary/aromatic N) is 3. The fourth-order valence-corrected chi connectivity index (χ4v) is 4.13. The molecule has 1 aromatic carbocycles. The third-order valence-corrected chi connectivity index (χ3v) is 5.49. The summed E-state index contributed by atoms with van der Waals surface area (Å²) in [6, 6.07) is 7.05. The molecule has 136 valence electrons. The molecule has 0 radical (unpaired) electrons. The number of imidazole rings is 1. The maximum atomic E-state index is 12.7. The minimum Gasteiger partial charge on any atom is -0.389 e. The van der Waals surface area contributed by atoms with Crippen LogP contribution >= 0.6 is 15.9 Å². The van der Waals surface area contributed by atoms with Crippen molar-refractivity contribution in [1.82, 2.24) is 14.5 Å². The van der Waals surface area contributed by atoms with Crippen molar-refractivity contribution >= 4 is 42.5 Å². The number of rotatable bonds is 5. The Balaban J connectivity index is 1.97. The van der Waals surface area contributed by atoms with Crippen molar-refractivity contribution in [1.29, 1.82) is 5.26 Å². The maximum Gasteiger partial charge on any atom is 0.281 e. The van der Waals surface area contributed by atoms with Crippen LogP contribution in [0.5, 0.6) is 0 Å². The van der Waals surface area contributed by atoms with Crippen molar-refractivity contribution < 1.29 is 13.5 Å². The molecule has 3 N–H and O–H groups in total. The summed E-state index contributed by atoms with van der Waals surface area (Å²) in [7, 11) is -3.96. The number of H-pyrrole nitrogens is 1. The number of para-hydroxylation sites is 1. The number of aromatic amines is 1. The van der Waals surface area contributed by atoms with Crippen LogP contribution in [0.15, 0.2) is 40.4 Å². The molecule has 0 aliphatic rings. The lowest BCUT2D eigenvalue weighted by Gasteiger charge is -2.17. The Kier molecular flexibility index (Phi) is 4.56.